The van der Waals surface area contributed by atoms with Crippen LogP contribution in [0.5, 0.6) is 0 Å². The highest BCUT2D eigenvalue weighted by Gasteiger charge is 2.39. The van der Waals surface area contributed by atoms with E-state index in [1.807, 2.05) is 29.2 Å². The maximum atomic E-state index is 14.1. The highest BCUT2D eigenvalue weighted by Crippen LogP contribution is 2.38. The molecule has 5 heterocycles. The predicted octanol–water partition coefficient (Wildman–Crippen LogP) is 5.31. The second-order valence-corrected chi connectivity index (χ2v) is 15.2. The molecule has 2 atom stereocenters. The zero-order chi connectivity index (χ0) is 36.6. The summed E-state index contributed by atoms with van der Waals surface area (Å²) < 4.78 is 47.4. The minimum atomic E-state index is -4.76. The molecule has 0 spiro atoms. The van der Waals surface area contributed by atoms with Gasteiger partial charge in [0.25, 0.3) is 5.91 Å². The largest absolute Gasteiger partial charge is 0.436 e. The summed E-state index contributed by atoms with van der Waals surface area (Å²) in [5.74, 6) is -0.440. The molecule has 11 nitrogen and oxygen atoms in total. The number of anilines is 2. The molecule has 2 aromatic rings. The number of hydrogen-bond donors (Lipinski definition) is 2. The van der Waals surface area contributed by atoms with Crippen molar-refractivity contribution in [3.05, 3.63) is 58.1 Å². The van der Waals surface area contributed by atoms with Gasteiger partial charge >= 0.3 is 18.3 Å². The topological polar surface area (TPSA) is 115 Å². The van der Waals surface area contributed by atoms with Crippen molar-refractivity contribution in [1.82, 2.24) is 24.5 Å². The highest BCUT2D eigenvalue weighted by molar-refractivity contribution is 6.33. The van der Waals surface area contributed by atoms with Crippen molar-refractivity contribution in [3.63, 3.8) is 0 Å². The normalized spacial score (nSPS) is 23.1. The van der Waals surface area contributed by atoms with Crippen molar-refractivity contribution in [3.8, 4) is 0 Å². The fraction of sp³-hybridized carbons (Fsp3) is 0.595. The van der Waals surface area contributed by atoms with Gasteiger partial charge in [0.1, 0.15) is 0 Å². The lowest BCUT2D eigenvalue weighted by Crippen LogP contribution is -2.56. The number of carbonyl (C=O) groups excluding carboxylic acids is 3. The molecule has 0 radical (unpaired) electrons. The smallest absolute Gasteiger partial charge is 0.418 e. The van der Waals surface area contributed by atoms with Crippen molar-refractivity contribution in [2.45, 2.75) is 81.8 Å². The first kappa shape index (κ1) is 36.6. The lowest BCUT2D eigenvalue weighted by atomic mass is 9.98. The number of nitrogens with zero attached hydrogens (tertiary/aromatic N) is 5. The van der Waals surface area contributed by atoms with Gasteiger partial charge in [0.2, 0.25) is 0 Å². The molecule has 0 aromatic heterocycles. The Bertz CT molecular complexity index is 1650. The van der Waals surface area contributed by atoms with Crippen molar-refractivity contribution in [2.24, 2.45) is 0 Å². The van der Waals surface area contributed by atoms with Crippen LogP contribution in [0.3, 0.4) is 0 Å². The number of rotatable bonds is 6. The van der Waals surface area contributed by atoms with Gasteiger partial charge in [-0.25, -0.2) is 9.59 Å². The minimum absolute atomic E-state index is 0.0913. The number of nitrogens with one attached hydrogen (secondary N) is 1. The van der Waals surface area contributed by atoms with E-state index in [1.54, 1.807) is 4.90 Å². The van der Waals surface area contributed by atoms with E-state index in [-0.39, 0.29) is 29.1 Å². The van der Waals surface area contributed by atoms with Gasteiger partial charge in [-0.15, -0.1) is 0 Å². The quantitative estimate of drug-likeness (QED) is 0.386. The molecule has 1 unspecified atom stereocenters. The van der Waals surface area contributed by atoms with E-state index in [1.165, 1.54) is 23.8 Å². The molecule has 52 heavy (non-hydrogen) atoms. The van der Waals surface area contributed by atoms with Crippen LogP contribution in [-0.2, 0) is 28.5 Å². The number of nitrogen functional groups attached to an aromatic ring is 1. The Balaban J connectivity index is 1.01. The predicted molar refractivity (Wildman–Crippen MR) is 191 cm³/mol. The van der Waals surface area contributed by atoms with Gasteiger partial charge in [-0.3, -0.25) is 14.6 Å². The van der Waals surface area contributed by atoms with Crippen molar-refractivity contribution >= 4 is 41.0 Å². The van der Waals surface area contributed by atoms with Gasteiger partial charge in [0.15, 0.2) is 6.10 Å². The van der Waals surface area contributed by atoms with E-state index in [9.17, 15) is 27.6 Å². The lowest BCUT2D eigenvalue weighted by Gasteiger charge is -2.44. The van der Waals surface area contributed by atoms with Crippen LogP contribution in [0, 0.1) is 0 Å². The monoisotopic (exact) mass is 745 g/mol. The third-order valence-electron chi connectivity index (χ3n) is 11.7. The summed E-state index contributed by atoms with van der Waals surface area (Å²) in [5, 5.41) is 2.71. The standard InChI is InChI=1S/C37H47ClF3N7O4/c38-30-21-24(20-29(33(30)42)37(39,40)41)22-32(34(49)45-13-8-26(9-14-45)47-19-18-44-12-3-5-28(44)23-47)52-36(51)46-15-10-27(11-16-46)48-17-7-25-4-1-2-6-31(25)43-35(48)50/h1-2,4,6,20-21,26-28,32H,3,5,7-19,22-23,42H2,(H,43,50)/t28?,32-/m1/s1. The second kappa shape index (κ2) is 15.3. The van der Waals surface area contributed by atoms with Crippen molar-refractivity contribution in [2.75, 3.05) is 70.0 Å². The number of halogens is 4. The number of benzene rings is 2. The molecule has 7 rings (SSSR count). The number of nitrogens with two attached hydrogens (primary N) is 1. The second-order valence-electron chi connectivity index (χ2n) is 14.7. The molecule has 282 valence electrons. The van der Waals surface area contributed by atoms with Gasteiger partial charge in [-0.1, -0.05) is 29.8 Å². The van der Waals surface area contributed by atoms with E-state index >= 15 is 0 Å². The van der Waals surface area contributed by atoms with Gasteiger partial charge in [-0.05, 0) is 80.8 Å². The minimum Gasteiger partial charge on any atom is -0.436 e. The number of fused-ring (bicyclic) bond motifs is 2. The van der Waals surface area contributed by atoms with Crippen molar-refractivity contribution < 1.29 is 32.3 Å². The summed E-state index contributed by atoms with van der Waals surface area (Å²) in [4.78, 5) is 50.9. The summed E-state index contributed by atoms with van der Waals surface area (Å²) in [6.07, 6.45) is -1.39. The molecule has 4 amide bonds. The van der Waals surface area contributed by atoms with E-state index in [0.29, 0.717) is 64.1 Å². The zero-order valence-corrected chi connectivity index (χ0v) is 30.0. The number of carbonyl (C=O) groups is 3. The Morgan fingerprint density at radius 1 is 0.885 bits per heavy atom. The first-order valence-corrected chi connectivity index (χ1v) is 18.9. The Hall–Kier alpha value is -3.75. The Labute approximate surface area is 307 Å². The number of hydrogen-bond acceptors (Lipinski definition) is 7. The SMILES string of the molecule is Nc1c(Cl)cc(C[C@@H](OC(=O)N2CCC(N3CCc4ccccc4NC3=O)CC2)C(=O)N2CCC(N3CCN4CCCC4C3)CC2)cc1C(F)(F)F. The third-order valence-corrected chi connectivity index (χ3v) is 12.0. The zero-order valence-electron chi connectivity index (χ0n) is 29.3. The number of alkyl halides is 3. The molecule has 4 saturated heterocycles. The van der Waals surface area contributed by atoms with Gasteiger partial charge < -0.3 is 30.5 Å². The average Bonchev–Trinajstić information content (AvgIpc) is 3.54. The summed E-state index contributed by atoms with van der Waals surface area (Å²) in [6, 6.07) is 10.5. The fourth-order valence-corrected chi connectivity index (χ4v) is 8.96. The number of ether oxygens (including phenoxy) is 1. The van der Waals surface area contributed by atoms with Crippen LogP contribution in [0.2, 0.25) is 5.02 Å². The van der Waals surface area contributed by atoms with Crippen LogP contribution >= 0.6 is 11.6 Å². The first-order valence-electron chi connectivity index (χ1n) is 18.5. The molecule has 0 aliphatic carbocycles. The molecular formula is C37H47ClF3N7O4. The first-order chi connectivity index (χ1) is 24.9. The number of piperidine rings is 2. The number of likely N-dealkylation sites (tertiary alicyclic amines) is 2. The van der Waals surface area contributed by atoms with E-state index < -0.39 is 35.5 Å². The maximum Gasteiger partial charge on any atom is 0.418 e. The third kappa shape index (κ3) is 7.93. The van der Waals surface area contributed by atoms with Crippen LogP contribution < -0.4 is 11.1 Å². The summed E-state index contributed by atoms with van der Waals surface area (Å²) >= 11 is 6.14. The van der Waals surface area contributed by atoms with Crippen molar-refractivity contribution in [1.29, 1.82) is 0 Å². The Morgan fingerprint density at radius 2 is 1.58 bits per heavy atom. The fourth-order valence-electron chi connectivity index (χ4n) is 8.72. The van der Waals surface area contributed by atoms with Crippen LogP contribution in [0.4, 0.5) is 34.1 Å². The van der Waals surface area contributed by atoms with Crippen LogP contribution in [0.25, 0.3) is 0 Å². The Kier molecular flexibility index (Phi) is 10.8. The average molecular weight is 746 g/mol. The molecule has 4 fully saturated rings. The van der Waals surface area contributed by atoms with Gasteiger partial charge in [-0.2, -0.15) is 13.2 Å². The summed E-state index contributed by atoms with van der Waals surface area (Å²) in [6.45, 7) is 6.33. The maximum absolute atomic E-state index is 14.1. The molecule has 0 bridgehead atoms. The van der Waals surface area contributed by atoms with E-state index in [2.05, 4.69) is 15.1 Å². The van der Waals surface area contributed by atoms with E-state index in [4.69, 9.17) is 22.1 Å². The summed E-state index contributed by atoms with van der Waals surface area (Å²) in [5.41, 5.74) is 5.94. The molecule has 15 heteroatoms. The van der Waals surface area contributed by atoms with Gasteiger partial charge in [0, 0.05) is 82.6 Å². The van der Waals surface area contributed by atoms with E-state index in [0.717, 1.165) is 56.3 Å². The van der Waals surface area contributed by atoms with Crippen LogP contribution in [0.1, 0.15) is 55.2 Å². The highest BCUT2D eigenvalue weighted by atomic mass is 35.5. The number of amides is 4. The molecule has 5 aliphatic heterocycles. The molecular weight excluding hydrogens is 699 g/mol. The lowest BCUT2D eigenvalue weighted by molar-refractivity contribution is -0.142. The summed E-state index contributed by atoms with van der Waals surface area (Å²) in [7, 11) is 0. The molecule has 0 saturated carbocycles. The van der Waals surface area contributed by atoms with Crippen LogP contribution in [0.15, 0.2) is 36.4 Å². The number of para-hydroxylation sites is 1. The molecule has 3 N–H and O–H groups in total. The molecule has 2 aromatic carbocycles. The number of piperazine rings is 1. The van der Waals surface area contributed by atoms with Gasteiger partial charge in [0.05, 0.1) is 16.3 Å². The van der Waals surface area contributed by atoms with Crippen LogP contribution in [-0.4, -0.2) is 126 Å². The number of urea groups is 1. The Morgan fingerprint density at radius 3 is 2.33 bits per heavy atom. The molecule has 5 aliphatic rings.